The molecule has 0 aromatic carbocycles. The molecule has 0 unspecified atom stereocenters. The van der Waals surface area contributed by atoms with E-state index in [0.29, 0.717) is 17.8 Å². The summed E-state index contributed by atoms with van der Waals surface area (Å²) in [6, 6.07) is 1.86. The fraction of sp³-hybridized carbons (Fsp3) is 0.636. The Morgan fingerprint density at radius 2 is 2.13 bits per heavy atom. The lowest BCUT2D eigenvalue weighted by atomic mass is 9.92. The van der Waals surface area contributed by atoms with Crippen LogP contribution in [0.5, 0.6) is 0 Å². The highest BCUT2D eigenvalue weighted by Gasteiger charge is 2.09. The monoisotopic (exact) mass is 208 g/mol. The molecule has 1 aromatic heterocycles. The van der Waals surface area contributed by atoms with Gasteiger partial charge in [-0.1, -0.05) is 20.8 Å². The molecule has 3 N–H and O–H groups in total. The number of nitrogens with one attached hydrogen (secondary N) is 1. The summed E-state index contributed by atoms with van der Waals surface area (Å²) in [5.74, 6) is 1.53. The van der Waals surface area contributed by atoms with Gasteiger partial charge < -0.3 is 11.1 Å². The molecule has 0 aliphatic heterocycles. The number of hydrogen-bond donors (Lipinski definition) is 2. The number of nitrogens with two attached hydrogens (primary N) is 1. The highest BCUT2D eigenvalue weighted by Crippen LogP contribution is 2.18. The first kappa shape index (κ1) is 11.9. The van der Waals surface area contributed by atoms with Gasteiger partial charge in [-0.05, 0) is 17.9 Å². The lowest BCUT2D eigenvalue weighted by Crippen LogP contribution is -2.14. The second-order valence-electron chi connectivity index (χ2n) is 4.80. The van der Waals surface area contributed by atoms with E-state index < -0.39 is 0 Å². The van der Waals surface area contributed by atoms with E-state index in [2.05, 4.69) is 36.1 Å². The molecule has 0 aliphatic rings. The van der Waals surface area contributed by atoms with Gasteiger partial charge >= 0.3 is 0 Å². The van der Waals surface area contributed by atoms with E-state index >= 15 is 0 Å². The normalized spacial score (nSPS) is 11.5. The average molecular weight is 208 g/mol. The summed E-state index contributed by atoms with van der Waals surface area (Å²) in [7, 11) is 0. The van der Waals surface area contributed by atoms with E-state index in [1.54, 1.807) is 6.20 Å². The fourth-order valence-electron chi connectivity index (χ4n) is 1.16. The number of anilines is 1. The molecule has 0 fully saturated rings. The Morgan fingerprint density at radius 1 is 1.40 bits per heavy atom. The maximum Gasteiger partial charge on any atom is 0.144 e. The highest BCUT2D eigenvalue weighted by molar-refractivity contribution is 5.32. The molecule has 0 atom stereocenters. The van der Waals surface area contributed by atoms with Crippen LogP contribution in [0.15, 0.2) is 12.3 Å². The molecule has 1 heterocycles. The van der Waals surface area contributed by atoms with Crippen LogP contribution in [-0.4, -0.2) is 16.5 Å². The molecule has 0 radical (unpaired) electrons. The van der Waals surface area contributed by atoms with Crippen molar-refractivity contribution in [3.05, 3.63) is 18.1 Å². The molecular weight excluding hydrogens is 188 g/mol. The van der Waals surface area contributed by atoms with E-state index in [1.165, 1.54) is 0 Å². The lowest BCUT2D eigenvalue weighted by Gasteiger charge is -2.18. The minimum absolute atomic E-state index is 0.344. The molecule has 1 rings (SSSR count). The van der Waals surface area contributed by atoms with Crippen LogP contribution in [0.25, 0.3) is 0 Å². The van der Waals surface area contributed by atoms with Crippen LogP contribution in [0.1, 0.15) is 33.0 Å². The van der Waals surface area contributed by atoms with Gasteiger partial charge in [0, 0.05) is 12.7 Å². The van der Waals surface area contributed by atoms with Crippen molar-refractivity contribution in [3.8, 4) is 0 Å². The van der Waals surface area contributed by atoms with Gasteiger partial charge in [-0.15, -0.1) is 0 Å². The van der Waals surface area contributed by atoms with Gasteiger partial charge in [-0.2, -0.15) is 0 Å². The number of rotatable bonds is 4. The van der Waals surface area contributed by atoms with Crippen LogP contribution < -0.4 is 11.1 Å². The van der Waals surface area contributed by atoms with E-state index in [4.69, 9.17) is 5.73 Å². The summed E-state index contributed by atoms with van der Waals surface area (Å²) in [4.78, 5) is 8.30. The number of hydrogen-bond acceptors (Lipinski definition) is 4. The van der Waals surface area contributed by atoms with Crippen molar-refractivity contribution < 1.29 is 0 Å². The highest BCUT2D eigenvalue weighted by atomic mass is 15.0. The van der Waals surface area contributed by atoms with Crippen molar-refractivity contribution >= 4 is 5.82 Å². The Balaban J connectivity index is 2.44. The fourth-order valence-corrected chi connectivity index (χ4v) is 1.16. The third-order valence-corrected chi connectivity index (χ3v) is 2.07. The van der Waals surface area contributed by atoms with E-state index in [9.17, 15) is 0 Å². The van der Waals surface area contributed by atoms with Crippen molar-refractivity contribution in [2.75, 3.05) is 11.9 Å². The standard InChI is InChI=1S/C11H20N4/c1-11(2,3)5-7-14-9-4-6-13-10(8-12)15-9/h4,6H,5,7-8,12H2,1-3H3,(H,13,14,15). The van der Waals surface area contributed by atoms with Gasteiger partial charge in [0.25, 0.3) is 0 Å². The Hall–Kier alpha value is -1.16. The van der Waals surface area contributed by atoms with Gasteiger partial charge in [-0.3, -0.25) is 0 Å². The van der Waals surface area contributed by atoms with E-state index in [0.717, 1.165) is 18.8 Å². The van der Waals surface area contributed by atoms with Gasteiger partial charge in [0.2, 0.25) is 0 Å². The second-order valence-corrected chi connectivity index (χ2v) is 4.80. The second kappa shape index (κ2) is 5.07. The summed E-state index contributed by atoms with van der Waals surface area (Å²) in [5.41, 5.74) is 5.81. The van der Waals surface area contributed by atoms with Crippen LogP contribution >= 0.6 is 0 Å². The molecule has 15 heavy (non-hydrogen) atoms. The molecule has 0 saturated carbocycles. The van der Waals surface area contributed by atoms with Gasteiger partial charge in [0.1, 0.15) is 11.6 Å². The zero-order valence-corrected chi connectivity index (χ0v) is 9.75. The lowest BCUT2D eigenvalue weighted by molar-refractivity contribution is 0.389. The van der Waals surface area contributed by atoms with Crippen molar-refractivity contribution in [3.63, 3.8) is 0 Å². The summed E-state index contributed by atoms with van der Waals surface area (Å²) >= 11 is 0. The summed E-state index contributed by atoms with van der Waals surface area (Å²) < 4.78 is 0. The third kappa shape index (κ3) is 4.74. The Bertz CT molecular complexity index is 304. The summed E-state index contributed by atoms with van der Waals surface area (Å²) in [6.45, 7) is 7.97. The molecule has 84 valence electrons. The first-order chi connectivity index (χ1) is 7.01. The molecular formula is C11H20N4. The molecule has 0 aliphatic carbocycles. The summed E-state index contributed by atoms with van der Waals surface area (Å²) in [6.07, 6.45) is 2.84. The van der Waals surface area contributed by atoms with Crippen molar-refractivity contribution in [1.82, 2.24) is 9.97 Å². The minimum atomic E-state index is 0.344. The molecule has 4 heteroatoms. The zero-order valence-electron chi connectivity index (χ0n) is 9.75. The Labute approximate surface area is 91.3 Å². The van der Waals surface area contributed by atoms with Crippen molar-refractivity contribution in [1.29, 1.82) is 0 Å². The third-order valence-electron chi connectivity index (χ3n) is 2.07. The van der Waals surface area contributed by atoms with Gasteiger partial charge in [0.05, 0.1) is 6.54 Å². The van der Waals surface area contributed by atoms with Crippen LogP contribution in [0.4, 0.5) is 5.82 Å². The Morgan fingerprint density at radius 3 is 2.73 bits per heavy atom. The molecule has 0 spiro atoms. The average Bonchev–Trinajstić information content (AvgIpc) is 2.16. The zero-order chi connectivity index (χ0) is 11.3. The summed E-state index contributed by atoms with van der Waals surface area (Å²) in [5, 5.41) is 3.27. The maximum atomic E-state index is 5.46. The Kier molecular flexibility index (Phi) is 4.03. The smallest absolute Gasteiger partial charge is 0.144 e. The van der Waals surface area contributed by atoms with E-state index in [1.807, 2.05) is 6.07 Å². The maximum absolute atomic E-state index is 5.46. The van der Waals surface area contributed by atoms with Crippen LogP contribution in [0.3, 0.4) is 0 Å². The van der Waals surface area contributed by atoms with Crippen LogP contribution in [0, 0.1) is 5.41 Å². The topological polar surface area (TPSA) is 63.8 Å². The number of aromatic nitrogens is 2. The SMILES string of the molecule is CC(C)(C)CCNc1ccnc(CN)n1. The largest absolute Gasteiger partial charge is 0.370 e. The molecule has 0 amide bonds. The van der Waals surface area contributed by atoms with Crippen molar-refractivity contribution in [2.24, 2.45) is 11.1 Å². The van der Waals surface area contributed by atoms with Crippen LogP contribution in [0.2, 0.25) is 0 Å². The molecule has 0 saturated heterocycles. The minimum Gasteiger partial charge on any atom is -0.370 e. The number of nitrogens with zero attached hydrogens (tertiary/aromatic N) is 2. The molecule has 4 nitrogen and oxygen atoms in total. The predicted octanol–water partition coefficient (Wildman–Crippen LogP) is 1.78. The first-order valence-electron chi connectivity index (χ1n) is 5.27. The first-order valence-corrected chi connectivity index (χ1v) is 5.27. The van der Waals surface area contributed by atoms with E-state index in [-0.39, 0.29) is 0 Å². The molecule has 1 aromatic rings. The quantitative estimate of drug-likeness (QED) is 0.791. The van der Waals surface area contributed by atoms with Crippen molar-refractivity contribution in [2.45, 2.75) is 33.7 Å². The van der Waals surface area contributed by atoms with Gasteiger partial charge in [0.15, 0.2) is 0 Å². The molecule has 0 bridgehead atoms. The van der Waals surface area contributed by atoms with Gasteiger partial charge in [-0.25, -0.2) is 9.97 Å². The predicted molar refractivity (Wildman–Crippen MR) is 62.5 cm³/mol. The van der Waals surface area contributed by atoms with Crippen LogP contribution in [-0.2, 0) is 6.54 Å².